The van der Waals surface area contributed by atoms with Crippen LogP contribution in [0.2, 0.25) is 0 Å². The maximum Gasteiger partial charge on any atom is 0.419 e. The van der Waals surface area contributed by atoms with Crippen LogP contribution in [0, 0.1) is 5.92 Å². The Morgan fingerprint density at radius 2 is 2.37 bits per heavy atom. The van der Waals surface area contributed by atoms with E-state index in [2.05, 4.69) is 10.6 Å². The number of hydrogen-bond donors (Lipinski definition) is 2. The molecule has 0 radical (unpaired) electrons. The van der Waals surface area contributed by atoms with Gasteiger partial charge in [-0.25, -0.2) is 4.79 Å². The molecule has 2 aromatic rings. The Morgan fingerprint density at radius 3 is 3.11 bits per heavy atom. The number of amides is 1. The first-order valence-electron chi connectivity index (χ1n) is 6.26. The van der Waals surface area contributed by atoms with E-state index in [1.54, 1.807) is 25.2 Å². The lowest BCUT2D eigenvalue weighted by molar-refractivity contribution is -0.119. The number of anilines is 1. The van der Waals surface area contributed by atoms with Gasteiger partial charge in [0.25, 0.3) is 0 Å². The summed E-state index contributed by atoms with van der Waals surface area (Å²) in [5, 5.41) is 6.01. The highest BCUT2D eigenvalue weighted by molar-refractivity contribution is 5.94. The van der Waals surface area contributed by atoms with Gasteiger partial charge in [-0.3, -0.25) is 9.36 Å². The minimum atomic E-state index is -0.404. The molecule has 0 bridgehead atoms. The number of oxazole rings is 1. The number of nitrogens with zero attached hydrogens (tertiary/aromatic N) is 1. The number of nitrogens with one attached hydrogen (secondary N) is 2. The molecule has 1 aromatic carbocycles. The first-order chi connectivity index (χ1) is 9.15. The van der Waals surface area contributed by atoms with E-state index in [9.17, 15) is 9.59 Å². The summed E-state index contributed by atoms with van der Waals surface area (Å²) in [7, 11) is 1.65. The lowest BCUT2D eigenvalue weighted by atomic mass is 10.1. The number of aryl methyl sites for hydroxylation is 1. The van der Waals surface area contributed by atoms with Crippen molar-refractivity contribution < 1.29 is 9.21 Å². The number of rotatable bonds is 2. The van der Waals surface area contributed by atoms with E-state index in [1.807, 2.05) is 0 Å². The van der Waals surface area contributed by atoms with Crippen molar-refractivity contribution in [2.75, 3.05) is 18.4 Å². The molecule has 1 saturated heterocycles. The average Bonchev–Trinajstić information content (AvgIpc) is 2.99. The zero-order chi connectivity index (χ0) is 13.4. The summed E-state index contributed by atoms with van der Waals surface area (Å²) >= 11 is 0. The third-order valence-electron chi connectivity index (χ3n) is 3.49. The van der Waals surface area contributed by atoms with Crippen molar-refractivity contribution in [3.8, 4) is 0 Å². The van der Waals surface area contributed by atoms with Crippen LogP contribution in [0.25, 0.3) is 11.1 Å². The van der Waals surface area contributed by atoms with Crippen LogP contribution >= 0.6 is 0 Å². The summed E-state index contributed by atoms with van der Waals surface area (Å²) in [5.74, 6) is -0.389. The normalized spacial score (nSPS) is 18.9. The molecule has 2 N–H and O–H groups in total. The molecule has 19 heavy (non-hydrogen) atoms. The second kappa shape index (κ2) is 4.55. The highest BCUT2D eigenvalue weighted by Gasteiger charge is 2.22. The van der Waals surface area contributed by atoms with E-state index in [1.165, 1.54) is 4.57 Å². The van der Waals surface area contributed by atoms with Crippen LogP contribution in [0.1, 0.15) is 6.42 Å². The van der Waals surface area contributed by atoms with Gasteiger partial charge < -0.3 is 15.1 Å². The third-order valence-corrected chi connectivity index (χ3v) is 3.49. The number of fused-ring (bicyclic) bond motifs is 1. The summed E-state index contributed by atoms with van der Waals surface area (Å²) in [6, 6.07) is 5.22. The molecule has 1 atom stereocenters. The van der Waals surface area contributed by atoms with Crippen LogP contribution in [0.15, 0.2) is 27.4 Å². The van der Waals surface area contributed by atoms with E-state index < -0.39 is 5.76 Å². The summed E-state index contributed by atoms with van der Waals surface area (Å²) in [6.45, 7) is 1.60. The van der Waals surface area contributed by atoms with Crippen LogP contribution < -0.4 is 16.4 Å². The summed E-state index contributed by atoms with van der Waals surface area (Å²) in [6.07, 6.45) is 0.856. The molecule has 0 aliphatic carbocycles. The third kappa shape index (κ3) is 2.15. The Hall–Kier alpha value is -2.08. The maximum absolute atomic E-state index is 12.0. The molecule has 3 rings (SSSR count). The Kier molecular flexibility index (Phi) is 2.87. The Bertz CT molecular complexity index is 680. The van der Waals surface area contributed by atoms with Gasteiger partial charge in [0.05, 0.1) is 11.4 Å². The molecule has 1 unspecified atom stereocenters. The number of carbonyl (C=O) groups is 1. The van der Waals surface area contributed by atoms with Gasteiger partial charge in [0, 0.05) is 25.3 Å². The lowest BCUT2D eigenvalue weighted by Gasteiger charge is -2.09. The topological polar surface area (TPSA) is 76.3 Å². The molecule has 1 amide bonds. The van der Waals surface area contributed by atoms with Gasteiger partial charge in [0.1, 0.15) is 0 Å². The zero-order valence-electron chi connectivity index (χ0n) is 10.6. The largest absolute Gasteiger partial charge is 0.419 e. The molecule has 1 aromatic heterocycles. The van der Waals surface area contributed by atoms with Gasteiger partial charge in [-0.15, -0.1) is 0 Å². The first-order valence-corrected chi connectivity index (χ1v) is 6.26. The van der Waals surface area contributed by atoms with E-state index in [-0.39, 0.29) is 11.8 Å². The molecule has 6 nitrogen and oxygen atoms in total. The molecule has 2 heterocycles. The standard InChI is InChI=1S/C13H15N3O3/c1-16-10-3-2-9(6-11(10)19-13(16)18)15-12(17)8-4-5-14-7-8/h2-3,6,8,14H,4-5,7H2,1H3,(H,15,17). The number of aromatic nitrogens is 1. The Labute approximate surface area is 109 Å². The Balaban J connectivity index is 1.85. The second-order valence-corrected chi connectivity index (χ2v) is 4.79. The fourth-order valence-corrected chi connectivity index (χ4v) is 2.33. The van der Waals surface area contributed by atoms with E-state index in [0.717, 1.165) is 13.0 Å². The quantitative estimate of drug-likeness (QED) is 0.833. The summed E-state index contributed by atoms with van der Waals surface area (Å²) in [5.41, 5.74) is 1.85. The van der Waals surface area contributed by atoms with Gasteiger partial charge >= 0.3 is 5.76 Å². The van der Waals surface area contributed by atoms with Gasteiger partial charge in [0.15, 0.2) is 5.58 Å². The van der Waals surface area contributed by atoms with Crippen molar-refractivity contribution in [1.82, 2.24) is 9.88 Å². The summed E-state index contributed by atoms with van der Waals surface area (Å²) in [4.78, 5) is 23.4. The van der Waals surface area contributed by atoms with Gasteiger partial charge in [-0.05, 0) is 25.1 Å². The van der Waals surface area contributed by atoms with Crippen LogP contribution in [0.5, 0.6) is 0 Å². The lowest BCUT2D eigenvalue weighted by Crippen LogP contribution is -2.24. The van der Waals surface area contributed by atoms with Crippen molar-refractivity contribution in [1.29, 1.82) is 0 Å². The molecule has 1 aliphatic heterocycles. The van der Waals surface area contributed by atoms with Crippen molar-refractivity contribution in [2.45, 2.75) is 6.42 Å². The molecule has 0 spiro atoms. The predicted molar refractivity (Wildman–Crippen MR) is 71.1 cm³/mol. The minimum Gasteiger partial charge on any atom is -0.408 e. The van der Waals surface area contributed by atoms with Gasteiger partial charge in [-0.1, -0.05) is 0 Å². The Morgan fingerprint density at radius 1 is 1.53 bits per heavy atom. The minimum absolute atomic E-state index is 0.00243. The summed E-state index contributed by atoms with van der Waals surface area (Å²) < 4.78 is 6.52. The number of benzene rings is 1. The fourth-order valence-electron chi connectivity index (χ4n) is 2.33. The number of hydrogen-bond acceptors (Lipinski definition) is 4. The molecule has 1 fully saturated rings. The predicted octanol–water partition coefficient (Wildman–Crippen LogP) is 0.679. The van der Waals surface area contributed by atoms with Gasteiger partial charge in [0.2, 0.25) is 5.91 Å². The highest BCUT2D eigenvalue weighted by Crippen LogP contribution is 2.19. The van der Waals surface area contributed by atoms with Crippen LogP contribution in [0.3, 0.4) is 0 Å². The van der Waals surface area contributed by atoms with Crippen LogP contribution in [-0.2, 0) is 11.8 Å². The number of carbonyl (C=O) groups excluding carboxylic acids is 1. The van der Waals surface area contributed by atoms with E-state index in [0.29, 0.717) is 23.3 Å². The second-order valence-electron chi connectivity index (χ2n) is 4.79. The zero-order valence-corrected chi connectivity index (χ0v) is 10.6. The van der Waals surface area contributed by atoms with E-state index >= 15 is 0 Å². The fraction of sp³-hybridized carbons (Fsp3) is 0.385. The maximum atomic E-state index is 12.0. The van der Waals surface area contributed by atoms with E-state index in [4.69, 9.17) is 4.42 Å². The highest BCUT2D eigenvalue weighted by atomic mass is 16.4. The molecule has 100 valence electrons. The molecule has 0 saturated carbocycles. The van der Waals surface area contributed by atoms with Gasteiger partial charge in [-0.2, -0.15) is 0 Å². The average molecular weight is 261 g/mol. The van der Waals surface area contributed by atoms with Crippen molar-refractivity contribution in [3.63, 3.8) is 0 Å². The first kappa shape index (κ1) is 12.0. The van der Waals surface area contributed by atoms with Crippen LogP contribution in [-0.4, -0.2) is 23.6 Å². The molecular formula is C13H15N3O3. The SMILES string of the molecule is Cn1c(=O)oc2cc(NC(=O)C3CCNC3)ccc21. The molecule has 1 aliphatic rings. The van der Waals surface area contributed by atoms with Crippen LogP contribution in [0.4, 0.5) is 5.69 Å². The molecular weight excluding hydrogens is 246 g/mol. The monoisotopic (exact) mass is 261 g/mol. The van der Waals surface area contributed by atoms with Crippen molar-refractivity contribution in [2.24, 2.45) is 13.0 Å². The van der Waals surface area contributed by atoms with Crippen molar-refractivity contribution >= 4 is 22.7 Å². The van der Waals surface area contributed by atoms with Crippen molar-refractivity contribution in [3.05, 3.63) is 28.7 Å². The smallest absolute Gasteiger partial charge is 0.408 e. The molecule has 6 heteroatoms.